The molecule has 26 heavy (non-hydrogen) atoms. The fraction of sp³-hybridized carbons (Fsp3) is 0.600. The molecule has 1 aromatic rings. The minimum atomic E-state index is -1.13. The number of aryl methyl sites for hydroxylation is 1. The number of aromatic nitrogens is 2. The van der Waals surface area contributed by atoms with Crippen molar-refractivity contribution >= 4 is 17.8 Å². The molecule has 1 aromatic heterocycles. The van der Waals surface area contributed by atoms with E-state index in [9.17, 15) is 19.5 Å². The summed E-state index contributed by atoms with van der Waals surface area (Å²) in [7, 11) is 0. The van der Waals surface area contributed by atoms with E-state index in [-0.39, 0.29) is 36.5 Å². The fourth-order valence-corrected chi connectivity index (χ4v) is 2.27. The first-order chi connectivity index (χ1) is 11.9. The van der Waals surface area contributed by atoms with Crippen LogP contribution in [0, 0.1) is 6.92 Å². The molecule has 2 atom stereocenters. The van der Waals surface area contributed by atoms with Crippen molar-refractivity contribution in [2.24, 2.45) is 11.5 Å². The quantitative estimate of drug-likeness (QED) is 0.185. The molecule has 0 aliphatic carbocycles. The SMILES string of the molecule is Cc1[nH]cnc1C[C@H](NC(=O)CN)C(=O)N[C@@H](CCCCN)C(=O)O.[Cu]. The zero-order valence-corrected chi connectivity index (χ0v) is 15.5. The van der Waals surface area contributed by atoms with Gasteiger partial charge < -0.3 is 32.2 Å². The van der Waals surface area contributed by atoms with Crippen LogP contribution in [-0.2, 0) is 37.9 Å². The van der Waals surface area contributed by atoms with Gasteiger partial charge in [-0.25, -0.2) is 9.78 Å². The minimum Gasteiger partial charge on any atom is -0.480 e. The number of hydrogen-bond acceptors (Lipinski definition) is 6. The zero-order chi connectivity index (χ0) is 18.8. The molecule has 8 N–H and O–H groups in total. The number of carboxylic acids is 1. The summed E-state index contributed by atoms with van der Waals surface area (Å²) in [5.74, 6) is -2.24. The van der Waals surface area contributed by atoms with Gasteiger partial charge in [-0.1, -0.05) is 0 Å². The molecule has 11 heteroatoms. The van der Waals surface area contributed by atoms with Gasteiger partial charge in [-0.05, 0) is 32.7 Å². The molecular weight excluding hydrogens is 392 g/mol. The van der Waals surface area contributed by atoms with Gasteiger partial charge in [0.1, 0.15) is 12.1 Å². The fourth-order valence-electron chi connectivity index (χ4n) is 2.27. The van der Waals surface area contributed by atoms with Gasteiger partial charge in [-0.15, -0.1) is 0 Å². The van der Waals surface area contributed by atoms with Crippen molar-refractivity contribution in [1.29, 1.82) is 0 Å². The number of H-pyrrole nitrogens is 1. The Bertz CT molecular complexity index is 594. The van der Waals surface area contributed by atoms with Crippen molar-refractivity contribution < 1.29 is 36.6 Å². The number of rotatable bonds is 11. The van der Waals surface area contributed by atoms with Crippen LogP contribution in [0.5, 0.6) is 0 Å². The number of carboxylic acid groups (broad SMARTS) is 1. The van der Waals surface area contributed by atoms with Crippen molar-refractivity contribution in [3.63, 3.8) is 0 Å². The number of hydrogen-bond donors (Lipinski definition) is 6. The van der Waals surface area contributed by atoms with Gasteiger partial charge in [0.05, 0.1) is 18.6 Å². The monoisotopic (exact) mass is 417 g/mol. The second-order valence-corrected chi connectivity index (χ2v) is 5.69. The summed E-state index contributed by atoms with van der Waals surface area (Å²) < 4.78 is 0. The molecule has 0 spiro atoms. The normalized spacial score (nSPS) is 12.6. The maximum atomic E-state index is 12.5. The summed E-state index contributed by atoms with van der Waals surface area (Å²) in [5, 5.41) is 14.2. The van der Waals surface area contributed by atoms with Crippen LogP contribution < -0.4 is 22.1 Å². The number of imidazole rings is 1. The largest absolute Gasteiger partial charge is 0.480 e. The molecule has 0 aromatic carbocycles. The molecular formula is C15H26CuN6O4. The Hall–Kier alpha value is -1.94. The minimum absolute atomic E-state index is 0. The second kappa shape index (κ2) is 12.4. The van der Waals surface area contributed by atoms with E-state index in [2.05, 4.69) is 20.6 Å². The van der Waals surface area contributed by atoms with Crippen LogP contribution in [0.3, 0.4) is 0 Å². The molecule has 0 aliphatic rings. The average molecular weight is 418 g/mol. The number of amides is 2. The van der Waals surface area contributed by atoms with E-state index in [1.807, 2.05) is 0 Å². The summed E-state index contributed by atoms with van der Waals surface area (Å²) in [6.45, 7) is 1.96. The average Bonchev–Trinajstić information content (AvgIpc) is 2.97. The molecule has 0 unspecified atom stereocenters. The molecule has 151 valence electrons. The van der Waals surface area contributed by atoms with E-state index >= 15 is 0 Å². The second-order valence-electron chi connectivity index (χ2n) is 5.69. The zero-order valence-electron chi connectivity index (χ0n) is 14.6. The Balaban J connectivity index is 0.00000625. The van der Waals surface area contributed by atoms with Crippen LogP contribution in [0.4, 0.5) is 0 Å². The summed E-state index contributed by atoms with van der Waals surface area (Å²) in [4.78, 5) is 42.4. The maximum Gasteiger partial charge on any atom is 0.326 e. The Kier molecular flexibility index (Phi) is 11.5. The molecule has 0 aliphatic heterocycles. The Labute approximate surface area is 162 Å². The van der Waals surface area contributed by atoms with Crippen molar-refractivity contribution in [3.8, 4) is 0 Å². The van der Waals surface area contributed by atoms with Gasteiger partial charge in [-0.3, -0.25) is 9.59 Å². The van der Waals surface area contributed by atoms with Crippen LogP contribution in [0.2, 0.25) is 0 Å². The van der Waals surface area contributed by atoms with E-state index in [0.717, 1.165) is 5.69 Å². The van der Waals surface area contributed by atoms with Gasteiger partial charge in [0.25, 0.3) is 0 Å². The molecule has 2 amide bonds. The van der Waals surface area contributed by atoms with Gasteiger partial charge in [0, 0.05) is 29.2 Å². The number of unbranched alkanes of at least 4 members (excludes halogenated alkanes) is 1. The number of nitrogens with two attached hydrogens (primary N) is 2. The van der Waals surface area contributed by atoms with Crippen molar-refractivity contribution in [1.82, 2.24) is 20.6 Å². The molecule has 1 heterocycles. The Morgan fingerprint density at radius 3 is 2.42 bits per heavy atom. The van der Waals surface area contributed by atoms with Crippen LogP contribution >= 0.6 is 0 Å². The predicted molar refractivity (Wildman–Crippen MR) is 90.5 cm³/mol. The van der Waals surface area contributed by atoms with Crippen molar-refractivity contribution in [2.75, 3.05) is 13.1 Å². The number of nitrogens with zero attached hydrogens (tertiary/aromatic N) is 1. The molecule has 0 saturated heterocycles. The van der Waals surface area contributed by atoms with Gasteiger partial charge >= 0.3 is 5.97 Å². The molecule has 10 nitrogen and oxygen atoms in total. The number of carbonyl (C=O) groups excluding carboxylic acids is 2. The summed E-state index contributed by atoms with van der Waals surface area (Å²) >= 11 is 0. The van der Waals surface area contributed by atoms with E-state index in [4.69, 9.17) is 11.5 Å². The first-order valence-electron chi connectivity index (χ1n) is 8.10. The van der Waals surface area contributed by atoms with Crippen LogP contribution in [-0.4, -0.2) is 58.0 Å². The van der Waals surface area contributed by atoms with E-state index < -0.39 is 29.9 Å². The van der Waals surface area contributed by atoms with E-state index in [0.29, 0.717) is 25.1 Å². The van der Waals surface area contributed by atoms with Crippen LogP contribution in [0.1, 0.15) is 30.7 Å². The number of carbonyl (C=O) groups is 3. The molecule has 0 fully saturated rings. The molecule has 1 rings (SSSR count). The number of nitrogens with one attached hydrogen (secondary N) is 3. The third-order valence-electron chi connectivity index (χ3n) is 3.73. The summed E-state index contributed by atoms with van der Waals surface area (Å²) in [6.07, 6.45) is 3.11. The standard InChI is InChI=1S/C15H26N6O4.Cu/c1-9-11(19-8-18-9)6-12(20-13(22)7-17)14(23)21-10(15(24)25)4-2-3-5-16;/h8,10,12H,2-7,16-17H2,1H3,(H,18,19)(H,20,22)(H,21,23)(H,24,25);/t10-,12-;/m0./s1. The van der Waals surface area contributed by atoms with E-state index in [1.54, 1.807) is 6.92 Å². The van der Waals surface area contributed by atoms with Gasteiger partial charge in [-0.2, -0.15) is 0 Å². The van der Waals surface area contributed by atoms with Crippen LogP contribution in [0.25, 0.3) is 0 Å². The van der Waals surface area contributed by atoms with E-state index in [1.165, 1.54) is 6.33 Å². The third kappa shape index (κ3) is 7.96. The van der Waals surface area contributed by atoms with Crippen molar-refractivity contribution in [2.45, 2.75) is 44.7 Å². The Morgan fingerprint density at radius 2 is 1.92 bits per heavy atom. The summed E-state index contributed by atoms with van der Waals surface area (Å²) in [5.41, 5.74) is 12.0. The summed E-state index contributed by atoms with van der Waals surface area (Å²) in [6, 6.07) is -2.01. The van der Waals surface area contributed by atoms with Crippen molar-refractivity contribution in [3.05, 3.63) is 17.7 Å². The smallest absolute Gasteiger partial charge is 0.326 e. The van der Waals surface area contributed by atoms with Gasteiger partial charge in [0.15, 0.2) is 0 Å². The molecule has 0 bridgehead atoms. The molecule has 1 radical (unpaired) electrons. The first kappa shape index (κ1) is 24.1. The molecule has 0 saturated carbocycles. The number of aliphatic carboxylic acids is 1. The maximum absolute atomic E-state index is 12.5. The first-order valence-corrected chi connectivity index (χ1v) is 8.10. The topological polar surface area (TPSA) is 176 Å². The Morgan fingerprint density at radius 1 is 1.23 bits per heavy atom. The van der Waals surface area contributed by atoms with Gasteiger partial charge in [0.2, 0.25) is 11.8 Å². The third-order valence-corrected chi connectivity index (χ3v) is 3.73. The predicted octanol–water partition coefficient (Wildman–Crippen LogP) is -1.60. The number of aromatic amines is 1. The van der Waals surface area contributed by atoms with Crippen LogP contribution in [0.15, 0.2) is 6.33 Å².